The first-order valence-electron chi connectivity index (χ1n) is 13.4. The smallest absolute Gasteiger partial charge is 0.178 e. The van der Waals surface area contributed by atoms with Crippen LogP contribution in [0, 0.1) is 33.1 Å². The summed E-state index contributed by atoms with van der Waals surface area (Å²) in [5.74, 6) is 0.573. The predicted molar refractivity (Wildman–Crippen MR) is 158 cm³/mol. The van der Waals surface area contributed by atoms with Gasteiger partial charge < -0.3 is 21.3 Å². The fourth-order valence-corrected chi connectivity index (χ4v) is 4.77. The molecule has 0 aliphatic carbocycles. The van der Waals surface area contributed by atoms with E-state index in [2.05, 4.69) is 5.32 Å². The van der Waals surface area contributed by atoms with E-state index in [1.165, 1.54) is 6.08 Å². The SMILES string of the molecule is Cc1ccc2c(N=C3N=C(Nc4c(CCCO)nn5c(C)c(C)ccc45)C(=N)C=C3N)c(CCCO)nn2c1C. The highest BCUT2D eigenvalue weighted by atomic mass is 16.3. The number of nitrogens with one attached hydrogen (secondary N) is 2. The van der Waals surface area contributed by atoms with Gasteiger partial charge in [0.15, 0.2) is 11.7 Å². The minimum absolute atomic E-state index is 0.0462. The number of pyridine rings is 2. The van der Waals surface area contributed by atoms with Crippen LogP contribution in [0.1, 0.15) is 46.7 Å². The van der Waals surface area contributed by atoms with Gasteiger partial charge in [0.25, 0.3) is 0 Å². The number of nitrogens with zero attached hydrogens (tertiary/aromatic N) is 6. The zero-order valence-electron chi connectivity index (χ0n) is 23.3. The van der Waals surface area contributed by atoms with Gasteiger partial charge in [-0.3, -0.25) is 5.41 Å². The Labute approximate surface area is 232 Å². The van der Waals surface area contributed by atoms with Gasteiger partial charge in [0.1, 0.15) is 5.69 Å². The zero-order valence-corrected chi connectivity index (χ0v) is 23.3. The van der Waals surface area contributed by atoms with E-state index in [1.54, 1.807) is 0 Å². The molecule has 0 atom stereocenters. The Morgan fingerprint density at radius 3 is 2.10 bits per heavy atom. The molecule has 1 aliphatic heterocycles. The van der Waals surface area contributed by atoms with E-state index in [0.29, 0.717) is 37.2 Å². The van der Waals surface area contributed by atoms with Crippen molar-refractivity contribution in [2.24, 2.45) is 15.7 Å². The number of aliphatic hydroxyl groups is 2. The lowest BCUT2D eigenvalue weighted by atomic mass is 10.1. The number of aryl methyl sites for hydroxylation is 6. The number of aliphatic imine (C=N–C) groups is 2. The van der Waals surface area contributed by atoms with E-state index < -0.39 is 0 Å². The fourth-order valence-electron chi connectivity index (χ4n) is 4.77. The van der Waals surface area contributed by atoms with Crippen molar-refractivity contribution >= 4 is 39.8 Å². The van der Waals surface area contributed by atoms with Gasteiger partial charge in [0, 0.05) is 24.6 Å². The van der Waals surface area contributed by atoms with E-state index in [4.69, 9.17) is 31.3 Å². The number of rotatable bonds is 8. The van der Waals surface area contributed by atoms with Crippen LogP contribution in [0.15, 0.2) is 46.0 Å². The van der Waals surface area contributed by atoms with Crippen molar-refractivity contribution < 1.29 is 10.2 Å². The maximum absolute atomic E-state index is 9.45. The second-order valence-corrected chi connectivity index (χ2v) is 10.1. The molecule has 40 heavy (non-hydrogen) atoms. The number of anilines is 1. The maximum atomic E-state index is 9.45. The second kappa shape index (κ2) is 11.0. The number of aliphatic hydroxyl groups excluding tert-OH is 2. The molecule has 0 saturated carbocycles. The van der Waals surface area contributed by atoms with Gasteiger partial charge in [-0.15, -0.1) is 0 Å². The summed E-state index contributed by atoms with van der Waals surface area (Å²) in [6, 6.07) is 8.03. The standard InChI is InChI=1S/C29H35N9O2/c1-16-9-11-24-26(22(7-5-13-39)35-37(24)18(16)3)32-28-20(30)15-21(31)29(34-28)33-27-23(8-6-14-40)36-38-19(4)17(2)10-12-25(27)38/h9-12,15,30,39-40H,5-8,13-14,31H2,1-4H3,(H,32,33,34). The average molecular weight is 542 g/mol. The molecule has 5 rings (SSSR count). The third-order valence-corrected chi connectivity index (χ3v) is 7.35. The lowest BCUT2D eigenvalue weighted by Gasteiger charge is -2.15. The van der Waals surface area contributed by atoms with Crippen LogP contribution in [0.2, 0.25) is 0 Å². The third kappa shape index (κ3) is 4.89. The monoisotopic (exact) mass is 541 g/mol. The molecule has 0 aromatic carbocycles. The Kier molecular flexibility index (Phi) is 7.51. The highest BCUT2D eigenvalue weighted by Crippen LogP contribution is 2.30. The number of amidine groups is 2. The summed E-state index contributed by atoms with van der Waals surface area (Å²) in [7, 11) is 0. The van der Waals surface area contributed by atoms with Gasteiger partial charge >= 0.3 is 0 Å². The number of dihydropyridines is 1. The molecule has 11 heteroatoms. The van der Waals surface area contributed by atoms with E-state index >= 15 is 0 Å². The van der Waals surface area contributed by atoms with Crippen LogP contribution < -0.4 is 11.1 Å². The minimum atomic E-state index is 0.0462. The van der Waals surface area contributed by atoms with Crippen molar-refractivity contribution in [2.75, 3.05) is 18.5 Å². The summed E-state index contributed by atoms with van der Waals surface area (Å²) >= 11 is 0. The summed E-state index contributed by atoms with van der Waals surface area (Å²) in [6.07, 6.45) is 3.76. The molecule has 0 unspecified atom stereocenters. The van der Waals surface area contributed by atoms with E-state index in [9.17, 15) is 10.2 Å². The molecule has 0 bridgehead atoms. The predicted octanol–water partition coefficient (Wildman–Crippen LogP) is 3.48. The van der Waals surface area contributed by atoms with Crippen molar-refractivity contribution in [1.82, 2.24) is 19.2 Å². The highest BCUT2D eigenvalue weighted by Gasteiger charge is 2.23. The summed E-state index contributed by atoms with van der Waals surface area (Å²) in [5.41, 5.74) is 15.5. The first-order chi connectivity index (χ1) is 19.2. The molecular weight excluding hydrogens is 506 g/mol. The van der Waals surface area contributed by atoms with Gasteiger partial charge in [-0.05, 0) is 82.7 Å². The molecule has 0 amide bonds. The first-order valence-corrected chi connectivity index (χ1v) is 13.4. The number of fused-ring (bicyclic) bond motifs is 2. The highest BCUT2D eigenvalue weighted by molar-refractivity contribution is 6.52. The molecule has 5 heterocycles. The van der Waals surface area contributed by atoms with E-state index in [-0.39, 0.29) is 30.5 Å². The van der Waals surface area contributed by atoms with Crippen molar-refractivity contribution in [3.05, 3.63) is 69.9 Å². The van der Waals surface area contributed by atoms with Crippen molar-refractivity contribution in [1.29, 1.82) is 5.41 Å². The second-order valence-electron chi connectivity index (χ2n) is 10.1. The van der Waals surface area contributed by atoms with Crippen LogP contribution in [-0.4, -0.2) is 60.0 Å². The normalized spacial score (nSPS) is 14.8. The quantitative estimate of drug-likeness (QED) is 0.229. The number of aromatic nitrogens is 4. The zero-order chi connectivity index (χ0) is 28.6. The molecule has 0 radical (unpaired) electrons. The van der Waals surface area contributed by atoms with Gasteiger partial charge in [-0.2, -0.15) is 10.2 Å². The Morgan fingerprint density at radius 2 is 1.45 bits per heavy atom. The van der Waals surface area contributed by atoms with Crippen molar-refractivity contribution in [2.45, 2.75) is 53.4 Å². The van der Waals surface area contributed by atoms with E-state index in [1.807, 2.05) is 61.0 Å². The number of hydrogen-bond donors (Lipinski definition) is 5. The molecule has 0 fully saturated rings. The lowest BCUT2D eigenvalue weighted by Crippen LogP contribution is -2.29. The summed E-state index contributed by atoms with van der Waals surface area (Å²) in [5, 5.41) is 40.4. The topological polar surface area (TPSA) is 162 Å². The van der Waals surface area contributed by atoms with E-state index in [0.717, 1.165) is 50.6 Å². The van der Waals surface area contributed by atoms with Crippen LogP contribution in [0.3, 0.4) is 0 Å². The van der Waals surface area contributed by atoms with Crippen LogP contribution in [-0.2, 0) is 12.8 Å². The molecule has 4 aromatic rings. The third-order valence-electron chi connectivity index (χ3n) is 7.35. The Balaban J connectivity index is 1.61. The molecule has 1 aliphatic rings. The largest absolute Gasteiger partial charge is 0.396 e. The summed E-state index contributed by atoms with van der Waals surface area (Å²) in [6.45, 7) is 8.18. The minimum Gasteiger partial charge on any atom is -0.396 e. The molecule has 11 nitrogen and oxygen atoms in total. The Hall–Kier alpha value is -4.35. The molecule has 208 valence electrons. The Morgan fingerprint density at radius 1 is 0.875 bits per heavy atom. The van der Waals surface area contributed by atoms with Crippen LogP contribution in [0.4, 0.5) is 11.4 Å². The van der Waals surface area contributed by atoms with Crippen molar-refractivity contribution in [3.8, 4) is 0 Å². The Bertz CT molecular complexity index is 1720. The van der Waals surface area contributed by atoms with Crippen LogP contribution >= 0.6 is 0 Å². The summed E-state index contributed by atoms with van der Waals surface area (Å²) < 4.78 is 3.75. The average Bonchev–Trinajstić information content (AvgIpc) is 3.46. The molecule has 6 N–H and O–H groups in total. The van der Waals surface area contributed by atoms with Crippen molar-refractivity contribution in [3.63, 3.8) is 0 Å². The van der Waals surface area contributed by atoms with Crippen LogP contribution in [0.25, 0.3) is 11.0 Å². The van der Waals surface area contributed by atoms with Gasteiger partial charge in [0.2, 0.25) is 0 Å². The molecular formula is C29H35N9O2. The van der Waals surface area contributed by atoms with Gasteiger partial charge in [0.05, 0.1) is 39.5 Å². The first kappa shape index (κ1) is 27.2. The molecule has 0 spiro atoms. The lowest BCUT2D eigenvalue weighted by molar-refractivity contribution is 0.288. The molecule has 4 aromatic heterocycles. The number of hydrogen-bond acceptors (Lipinski definition) is 8. The molecule has 0 saturated heterocycles. The summed E-state index contributed by atoms with van der Waals surface area (Å²) in [4.78, 5) is 9.56. The van der Waals surface area contributed by atoms with Gasteiger partial charge in [-0.1, -0.05) is 12.1 Å². The fraction of sp³-hybridized carbons (Fsp3) is 0.345. The van der Waals surface area contributed by atoms with Gasteiger partial charge in [-0.25, -0.2) is 19.0 Å². The number of nitrogens with two attached hydrogens (primary N) is 1. The van der Waals surface area contributed by atoms with Crippen LogP contribution in [0.5, 0.6) is 0 Å². The maximum Gasteiger partial charge on any atom is 0.178 e.